The van der Waals surface area contributed by atoms with Gasteiger partial charge in [-0.3, -0.25) is 33.7 Å². The van der Waals surface area contributed by atoms with E-state index in [1.165, 1.54) is 55.3 Å². The van der Waals surface area contributed by atoms with Gasteiger partial charge < -0.3 is 56.8 Å². The van der Waals surface area contributed by atoms with Crippen molar-refractivity contribution in [1.29, 1.82) is 0 Å². The van der Waals surface area contributed by atoms with Crippen molar-refractivity contribution in [1.82, 2.24) is 4.90 Å². The molecule has 16 atom stereocenters. The van der Waals surface area contributed by atoms with Crippen LogP contribution in [0.5, 0.6) is 0 Å². The van der Waals surface area contributed by atoms with Crippen LogP contribution < -0.4 is 0 Å². The van der Waals surface area contributed by atoms with E-state index in [1.807, 2.05) is 13.0 Å². The van der Waals surface area contributed by atoms with Crippen molar-refractivity contribution >= 4 is 35.4 Å². The van der Waals surface area contributed by atoms with Crippen molar-refractivity contribution in [2.75, 3.05) is 49.1 Å². The average Bonchev–Trinajstić information content (AvgIpc) is 3.24. The van der Waals surface area contributed by atoms with E-state index in [2.05, 4.69) is 0 Å². The maximum absolute atomic E-state index is 14.4. The van der Waals surface area contributed by atoms with Crippen molar-refractivity contribution in [2.24, 2.45) is 23.7 Å². The van der Waals surface area contributed by atoms with Crippen LogP contribution in [0.25, 0.3) is 0 Å². The van der Waals surface area contributed by atoms with Crippen molar-refractivity contribution in [3.05, 3.63) is 23.8 Å². The summed E-state index contributed by atoms with van der Waals surface area (Å²) in [6.07, 6.45) is -5.75. The van der Waals surface area contributed by atoms with E-state index in [4.69, 9.17) is 56.8 Å². The van der Waals surface area contributed by atoms with Crippen LogP contribution >= 0.6 is 0 Å². The predicted octanol–water partition coefficient (Wildman–Crippen LogP) is 3.90. The van der Waals surface area contributed by atoms with Crippen LogP contribution in [0.4, 0.5) is 0 Å². The fraction of sp³-hybridized carbons (Fsp3) is 0.787. The summed E-state index contributed by atoms with van der Waals surface area (Å²) in [5.74, 6) is -6.18. The third kappa shape index (κ3) is 15.7. The third-order valence-electron chi connectivity index (χ3n) is 12.4. The van der Waals surface area contributed by atoms with Crippen LogP contribution in [0.1, 0.15) is 88.0 Å². The molecule has 3 heterocycles. The lowest BCUT2D eigenvalue weighted by atomic mass is 9.79. The number of allylic oxidation sites excluding steroid dienone is 3. The molecule has 0 radical (unpaired) electrons. The SMILES string of the molecule is CCC1OC(=O)CC(=O)C(C)C(O[C@@H]2O[C@H](C)[C@@H](OC(C)=O)[C@H](N(C)C)[C@H]2OC(C)=O)C(CC(OC)OC)CC(C)C(=O)/C=C/C(C)=C/C1CO[C@@H]1O[C@H](C)[C@@H](OC(C)=O)[C@@H](OC)[C@@H]1OC. The Hall–Kier alpha value is -3.66. The van der Waals surface area contributed by atoms with Gasteiger partial charge in [0.05, 0.1) is 31.0 Å². The fourth-order valence-electron chi connectivity index (χ4n) is 9.01. The summed E-state index contributed by atoms with van der Waals surface area (Å²) in [6, 6.07) is -0.750. The van der Waals surface area contributed by atoms with E-state index < -0.39 is 140 Å². The summed E-state index contributed by atoms with van der Waals surface area (Å²) in [5, 5.41) is 0. The summed E-state index contributed by atoms with van der Waals surface area (Å²) < 4.78 is 71.5. The topological polar surface area (TPSA) is 216 Å². The number of carbonyl (C=O) groups excluding carboxylic acids is 6. The minimum Gasteiger partial charge on any atom is -0.461 e. The molecule has 2 saturated heterocycles. The molecule has 3 aliphatic rings. The first kappa shape index (κ1) is 56.7. The highest BCUT2D eigenvalue weighted by Gasteiger charge is 2.52. The number of carbonyl (C=O) groups is 6. The molecule has 0 aromatic rings. The lowest BCUT2D eigenvalue weighted by Gasteiger charge is -2.48. The van der Waals surface area contributed by atoms with Crippen LogP contribution in [-0.4, -0.2) is 169 Å². The molecule has 0 aromatic carbocycles. The summed E-state index contributed by atoms with van der Waals surface area (Å²) in [6.45, 7) is 14.2. The molecular formula is C47H75NO18. The first-order valence-corrected chi connectivity index (χ1v) is 22.6. The van der Waals surface area contributed by atoms with Gasteiger partial charge in [0.2, 0.25) is 0 Å². The molecular weight excluding hydrogens is 867 g/mol. The number of likely N-dealkylation sites (N-methyl/N-ethyl adjacent to an activating group) is 1. The Morgan fingerprint density at radius 1 is 0.758 bits per heavy atom. The summed E-state index contributed by atoms with van der Waals surface area (Å²) in [5.41, 5.74) is 0.667. The second-order valence-corrected chi connectivity index (χ2v) is 17.6. The zero-order valence-electron chi connectivity index (χ0n) is 41.4. The number of hydrogen-bond acceptors (Lipinski definition) is 19. The Kier molecular flexibility index (Phi) is 23.0. The van der Waals surface area contributed by atoms with Gasteiger partial charge in [0, 0.05) is 73.4 Å². The first-order chi connectivity index (χ1) is 31.1. The van der Waals surface area contributed by atoms with Crippen LogP contribution in [0, 0.1) is 23.7 Å². The van der Waals surface area contributed by atoms with Gasteiger partial charge in [0.15, 0.2) is 36.9 Å². The highest BCUT2D eigenvalue weighted by Crippen LogP contribution is 2.37. The van der Waals surface area contributed by atoms with E-state index in [1.54, 1.807) is 59.7 Å². The third-order valence-corrected chi connectivity index (χ3v) is 12.4. The van der Waals surface area contributed by atoms with Gasteiger partial charge in [-0.15, -0.1) is 0 Å². The largest absolute Gasteiger partial charge is 0.461 e. The number of Topliss-reactive ketones (excluding diaryl/α,β-unsaturated/α-hetero) is 1. The minimum absolute atomic E-state index is 0.0507. The van der Waals surface area contributed by atoms with Crippen molar-refractivity contribution in [3.8, 4) is 0 Å². The highest BCUT2D eigenvalue weighted by molar-refractivity contribution is 5.97. The molecule has 0 bridgehead atoms. The Labute approximate surface area is 389 Å². The molecule has 19 heteroatoms. The zero-order chi connectivity index (χ0) is 49.6. The molecule has 6 unspecified atom stereocenters. The summed E-state index contributed by atoms with van der Waals surface area (Å²) >= 11 is 0. The molecule has 3 rings (SSSR count). The summed E-state index contributed by atoms with van der Waals surface area (Å²) in [4.78, 5) is 80.9. The molecule has 19 nitrogen and oxygen atoms in total. The van der Waals surface area contributed by atoms with Gasteiger partial charge in [-0.1, -0.05) is 38.5 Å². The number of cyclic esters (lactones) is 1. The van der Waals surface area contributed by atoms with Crippen LogP contribution in [0.15, 0.2) is 23.8 Å². The molecule has 66 heavy (non-hydrogen) atoms. The molecule has 0 aliphatic carbocycles. The molecule has 0 amide bonds. The molecule has 0 N–H and O–H groups in total. The minimum atomic E-state index is -1.31. The smallest absolute Gasteiger partial charge is 0.313 e. The van der Waals surface area contributed by atoms with Gasteiger partial charge in [-0.2, -0.15) is 0 Å². The fourth-order valence-corrected chi connectivity index (χ4v) is 9.01. The van der Waals surface area contributed by atoms with Gasteiger partial charge in [0.25, 0.3) is 0 Å². The van der Waals surface area contributed by atoms with Crippen LogP contribution in [0.2, 0.25) is 0 Å². The lowest BCUT2D eigenvalue weighted by molar-refractivity contribution is -0.306. The number of ether oxygens (including phenoxy) is 12. The standard InChI is InChI=1S/C47H75NO18/c1-16-36-33(23-59-46-45(58-15)44(57-14)42(28(6)60-46)63-30(8)50)19-24(2)17-18-34(52)25(3)20-32(21-38(55-12)56-13)40(26(4)35(53)22-37(54)65-36)66-47-43(64-31(9)51)39(48(10)11)41(27(5)61-47)62-29(7)49/h17-19,25-28,32-33,36,38-47H,16,20-23H2,1-15H3/b18-17+,24-19+/t25?,26?,27-,28-,32?,33?,36?,39+,40?,41-,42-,43-,44-,45+,46-,47+/m1/s1. The van der Waals surface area contributed by atoms with Gasteiger partial charge in [0.1, 0.15) is 36.6 Å². The predicted molar refractivity (Wildman–Crippen MR) is 235 cm³/mol. The first-order valence-electron chi connectivity index (χ1n) is 22.6. The Bertz CT molecular complexity index is 1680. The molecule has 3 aliphatic heterocycles. The monoisotopic (exact) mass is 941 g/mol. The number of ketones is 2. The van der Waals surface area contributed by atoms with E-state index in [0.717, 1.165) is 0 Å². The Morgan fingerprint density at radius 2 is 1.32 bits per heavy atom. The van der Waals surface area contributed by atoms with E-state index in [0.29, 0.717) is 12.0 Å². The maximum Gasteiger partial charge on any atom is 0.313 e. The normalized spacial score (nSPS) is 36.6. The average molecular weight is 942 g/mol. The quantitative estimate of drug-likeness (QED) is 0.0928. The van der Waals surface area contributed by atoms with Crippen LogP contribution in [0.3, 0.4) is 0 Å². The molecule has 376 valence electrons. The number of esters is 4. The molecule has 0 saturated carbocycles. The van der Waals surface area contributed by atoms with Crippen molar-refractivity contribution in [3.63, 3.8) is 0 Å². The van der Waals surface area contributed by atoms with Gasteiger partial charge >= 0.3 is 23.9 Å². The van der Waals surface area contributed by atoms with Gasteiger partial charge in [-0.05, 0) is 59.7 Å². The Balaban J connectivity index is 2.09. The highest BCUT2D eigenvalue weighted by atomic mass is 16.7. The summed E-state index contributed by atoms with van der Waals surface area (Å²) in [7, 11) is 9.33. The van der Waals surface area contributed by atoms with E-state index in [-0.39, 0.29) is 25.2 Å². The van der Waals surface area contributed by atoms with E-state index >= 15 is 0 Å². The van der Waals surface area contributed by atoms with Crippen molar-refractivity contribution < 1.29 is 85.6 Å². The molecule has 0 aromatic heterocycles. The maximum atomic E-state index is 14.4. The lowest BCUT2D eigenvalue weighted by Crippen LogP contribution is -2.65. The second kappa shape index (κ2) is 26.8. The van der Waals surface area contributed by atoms with E-state index in [9.17, 15) is 28.8 Å². The number of methoxy groups -OCH3 is 4. The van der Waals surface area contributed by atoms with Gasteiger partial charge in [-0.25, -0.2) is 0 Å². The number of nitrogens with zero attached hydrogens (tertiary/aromatic N) is 1. The molecule has 2 fully saturated rings. The molecule has 0 spiro atoms. The van der Waals surface area contributed by atoms with Crippen molar-refractivity contribution in [2.45, 2.75) is 168 Å². The Morgan fingerprint density at radius 3 is 1.86 bits per heavy atom. The van der Waals surface area contributed by atoms with Crippen LogP contribution in [-0.2, 0) is 85.6 Å². The number of rotatable bonds is 16. The number of hydrogen-bond donors (Lipinski definition) is 0. The second-order valence-electron chi connectivity index (χ2n) is 17.6. The zero-order valence-corrected chi connectivity index (χ0v) is 41.4.